The van der Waals surface area contributed by atoms with Crippen LogP contribution < -0.4 is 4.72 Å². The number of nitrogens with one attached hydrogen (secondary N) is 1. The molecule has 0 amide bonds. The fourth-order valence-corrected chi connectivity index (χ4v) is 5.31. The van der Waals surface area contributed by atoms with Crippen LogP contribution in [0.1, 0.15) is 18.4 Å². The molecular formula is C13H17BrFNO3S2. The van der Waals surface area contributed by atoms with Crippen LogP contribution in [0.2, 0.25) is 0 Å². The Morgan fingerprint density at radius 1 is 1.38 bits per heavy atom. The van der Waals surface area contributed by atoms with Gasteiger partial charge in [0.2, 0.25) is 10.0 Å². The average molecular weight is 398 g/mol. The van der Waals surface area contributed by atoms with Gasteiger partial charge in [-0.1, -0.05) is 15.9 Å². The summed E-state index contributed by atoms with van der Waals surface area (Å²) in [6.45, 7) is -0.225. The summed E-state index contributed by atoms with van der Waals surface area (Å²) in [5, 5.41) is 9.09. The topological polar surface area (TPSA) is 66.4 Å². The lowest BCUT2D eigenvalue weighted by Crippen LogP contribution is -2.31. The quantitative estimate of drug-likeness (QED) is 0.800. The summed E-state index contributed by atoms with van der Waals surface area (Å²) in [6.07, 6.45) is 1.94. The van der Waals surface area contributed by atoms with Crippen molar-refractivity contribution < 1.29 is 17.9 Å². The van der Waals surface area contributed by atoms with Crippen molar-refractivity contribution in [3.63, 3.8) is 0 Å². The second-order valence-electron chi connectivity index (χ2n) is 4.94. The highest BCUT2D eigenvalue weighted by Crippen LogP contribution is 2.25. The number of benzene rings is 1. The maximum atomic E-state index is 14.1. The molecule has 0 aliphatic carbocycles. The zero-order valence-electron chi connectivity index (χ0n) is 11.3. The second kappa shape index (κ2) is 7.41. The molecule has 4 nitrogen and oxygen atoms in total. The summed E-state index contributed by atoms with van der Waals surface area (Å²) in [5.74, 6) is 1.47. The number of hydrogen-bond acceptors (Lipinski definition) is 4. The first-order chi connectivity index (χ1) is 9.94. The minimum atomic E-state index is -3.92. The molecule has 0 unspecified atom stereocenters. The van der Waals surface area contributed by atoms with Gasteiger partial charge in [-0.3, -0.25) is 0 Å². The summed E-state index contributed by atoms with van der Waals surface area (Å²) in [4.78, 5) is -0.425. The Morgan fingerprint density at radius 3 is 2.67 bits per heavy atom. The number of aliphatic hydroxyl groups excluding tert-OH is 1. The first-order valence-corrected chi connectivity index (χ1v) is 10.0. The van der Waals surface area contributed by atoms with E-state index in [1.54, 1.807) is 0 Å². The van der Waals surface area contributed by atoms with Crippen LogP contribution in [0.5, 0.6) is 0 Å². The van der Waals surface area contributed by atoms with E-state index in [0.717, 1.165) is 24.3 Å². The largest absolute Gasteiger partial charge is 0.392 e. The highest BCUT2D eigenvalue weighted by molar-refractivity contribution is 9.10. The van der Waals surface area contributed by atoms with Gasteiger partial charge in [0.25, 0.3) is 0 Å². The molecule has 1 aromatic rings. The summed E-state index contributed by atoms with van der Waals surface area (Å²) in [7, 11) is -3.92. The van der Waals surface area contributed by atoms with Gasteiger partial charge in [0.1, 0.15) is 10.7 Å². The van der Waals surface area contributed by atoms with Crippen LogP contribution in [0.15, 0.2) is 21.5 Å². The van der Waals surface area contributed by atoms with E-state index < -0.39 is 27.3 Å². The Bertz CT molecular complexity index is 604. The smallest absolute Gasteiger partial charge is 0.243 e. The SMILES string of the molecule is O=S(=O)(NCC1CCSCC1)c1cc(Br)cc(CO)c1F. The molecule has 2 N–H and O–H groups in total. The van der Waals surface area contributed by atoms with Gasteiger partial charge in [0, 0.05) is 16.6 Å². The molecule has 0 atom stereocenters. The van der Waals surface area contributed by atoms with Crippen molar-refractivity contribution in [2.45, 2.75) is 24.3 Å². The molecule has 0 spiro atoms. The van der Waals surface area contributed by atoms with E-state index in [1.807, 2.05) is 11.8 Å². The van der Waals surface area contributed by atoms with Gasteiger partial charge in [-0.25, -0.2) is 17.5 Å². The number of sulfonamides is 1. The fraction of sp³-hybridized carbons (Fsp3) is 0.538. The monoisotopic (exact) mass is 397 g/mol. The molecule has 1 saturated heterocycles. The highest BCUT2D eigenvalue weighted by atomic mass is 79.9. The predicted octanol–water partition coefficient (Wildman–Crippen LogP) is 2.50. The van der Waals surface area contributed by atoms with Gasteiger partial charge in [-0.05, 0) is 42.4 Å². The number of halogens is 2. The van der Waals surface area contributed by atoms with Crippen LogP contribution in [0.4, 0.5) is 4.39 Å². The normalized spacial score (nSPS) is 17.1. The van der Waals surface area contributed by atoms with Gasteiger partial charge >= 0.3 is 0 Å². The standard InChI is InChI=1S/C13H17BrFNO3S2/c14-11-5-10(8-17)13(15)12(6-11)21(18,19)16-7-9-1-3-20-4-2-9/h5-6,9,16-17H,1-4,7-8H2. The van der Waals surface area contributed by atoms with Crippen LogP contribution in [0.3, 0.4) is 0 Å². The second-order valence-corrected chi connectivity index (χ2v) is 8.82. The van der Waals surface area contributed by atoms with E-state index in [0.29, 0.717) is 16.9 Å². The summed E-state index contributed by atoms with van der Waals surface area (Å²) in [5.41, 5.74) is -0.0428. The molecule has 0 bridgehead atoms. The van der Waals surface area contributed by atoms with Gasteiger partial charge in [-0.15, -0.1) is 0 Å². The van der Waals surface area contributed by atoms with Gasteiger partial charge in [0.15, 0.2) is 0 Å². The molecule has 21 heavy (non-hydrogen) atoms. The summed E-state index contributed by atoms with van der Waals surface area (Å²) in [6, 6.07) is 2.58. The Labute approximate surface area is 136 Å². The van der Waals surface area contributed by atoms with Crippen molar-refractivity contribution in [1.82, 2.24) is 4.72 Å². The minimum absolute atomic E-state index is 0.0428. The average Bonchev–Trinajstić information content (AvgIpc) is 2.48. The molecule has 1 fully saturated rings. The fourth-order valence-electron chi connectivity index (χ4n) is 2.18. The van der Waals surface area contributed by atoms with Crippen molar-refractivity contribution in [3.8, 4) is 0 Å². The lowest BCUT2D eigenvalue weighted by atomic mass is 10.0. The molecular weight excluding hydrogens is 381 g/mol. The number of thioether (sulfide) groups is 1. The maximum Gasteiger partial charge on any atom is 0.243 e. The summed E-state index contributed by atoms with van der Waals surface area (Å²) >= 11 is 5.00. The first-order valence-electron chi connectivity index (χ1n) is 6.60. The van der Waals surface area contributed by atoms with E-state index in [-0.39, 0.29) is 5.56 Å². The van der Waals surface area contributed by atoms with E-state index in [1.165, 1.54) is 12.1 Å². The van der Waals surface area contributed by atoms with E-state index in [2.05, 4.69) is 20.7 Å². The van der Waals surface area contributed by atoms with Gasteiger partial charge < -0.3 is 5.11 Å². The third kappa shape index (κ3) is 4.41. The zero-order valence-corrected chi connectivity index (χ0v) is 14.5. The van der Waals surface area contributed by atoms with Crippen molar-refractivity contribution in [1.29, 1.82) is 0 Å². The number of rotatable bonds is 5. The third-order valence-electron chi connectivity index (χ3n) is 3.44. The van der Waals surface area contributed by atoms with Crippen LogP contribution in [-0.4, -0.2) is 31.6 Å². The van der Waals surface area contributed by atoms with Gasteiger partial charge in [0.05, 0.1) is 6.61 Å². The van der Waals surface area contributed by atoms with Crippen LogP contribution in [-0.2, 0) is 16.6 Å². The molecule has 0 aromatic heterocycles. The Hall–Kier alpha value is -0.150. The van der Waals surface area contributed by atoms with Crippen LogP contribution >= 0.6 is 27.7 Å². The Kier molecular flexibility index (Phi) is 6.07. The Morgan fingerprint density at radius 2 is 2.05 bits per heavy atom. The molecule has 1 aliphatic rings. The third-order valence-corrected chi connectivity index (χ3v) is 6.37. The van der Waals surface area contributed by atoms with E-state index >= 15 is 0 Å². The first kappa shape index (κ1) is 17.2. The van der Waals surface area contributed by atoms with Crippen LogP contribution in [0, 0.1) is 11.7 Å². The van der Waals surface area contributed by atoms with E-state index in [4.69, 9.17) is 5.11 Å². The van der Waals surface area contributed by atoms with Crippen molar-refractivity contribution in [3.05, 3.63) is 28.0 Å². The molecule has 8 heteroatoms. The molecule has 0 saturated carbocycles. The molecule has 1 aliphatic heterocycles. The van der Waals surface area contributed by atoms with Crippen molar-refractivity contribution in [2.75, 3.05) is 18.1 Å². The molecule has 2 rings (SSSR count). The predicted molar refractivity (Wildman–Crippen MR) is 85.3 cm³/mol. The lowest BCUT2D eigenvalue weighted by Gasteiger charge is -2.21. The molecule has 1 heterocycles. The number of aliphatic hydroxyl groups is 1. The minimum Gasteiger partial charge on any atom is -0.392 e. The molecule has 0 radical (unpaired) electrons. The zero-order chi connectivity index (χ0) is 15.5. The van der Waals surface area contributed by atoms with Crippen LogP contribution in [0.25, 0.3) is 0 Å². The maximum absolute atomic E-state index is 14.1. The lowest BCUT2D eigenvalue weighted by molar-refractivity contribution is 0.274. The summed E-state index contributed by atoms with van der Waals surface area (Å²) < 4.78 is 41.5. The highest BCUT2D eigenvalue weighted by Gasteiger charge is 2.24. The van der Waals surface area contributed by atoms with Crippen molar-refractivity contribution in [2.24, 2.45) is 5.92 Å². The van der Waals surface area contributed by atoms with Gasteiger partial charge in [-0.2, -0.15) is 11.8 Å². The van der Waals surface area contributed by atoms with Crippen molar-refractivity contribution >= 4 is 37.7 Å². The number of hydrogen-bond donors (Lipinski definition) is 2. The molecule has 118 valence electrons. The molecule has 1 aromatic carbocycles. The Balaban J connectivity index is 2.17. The van der Waals surface area contributed by atoms with E-state index in [9.17, 15) is 12.8 Å².